The van der Waals surface area contributed by atoms with E-state index in [-0.39, 0.29) is 29.2 Å². The number of aliphatic hydroxyl groups is 1. The van der Waals surface area contributed by atoms with E-state index in [1.165, 1.54) is 12.1 Å². The van der Waals surface area contributed by atoms with Crippen LogP contribution in [0, 0.1) is 15.5 Å². The summed E-state index contributed by atoms with van der Waals surface area (Å²) >= 11 is 0. The molecule has 0 atom stereocenters. The molecule has 6 heteroatoms. The lowest BCUT2D eigenvalue weighted by Crippen LogP contribution is -2.44. The highest BCUT2D eigenvalue weighted by molar-refractivity contribution is 5.98. The van der Waals surface area contributed by atoms with Crippen LogP contribution in [0.4, 0.5) is 5.69 Å². The minimum Gasteiger partial charge on any atom is -0.396 e. The average molecular weight is 292 g/mol. The Morgan fingerprint density at radius 3 is 2.52 bits per heavy atom. The van der Waals surface area contributed by atoms with E-state index in [0.29, 0.717) is 13.1 Å². The molecule has 1 amide bonds. The monoisotopic (exact) mass is 292 g/mol. The quantitative estimate of drug-likeness (QED) is 0.681. The van der Waals surface area contributed by atoms with Crippen molar-refractivity contribution < 1.29 is 14.8 Å². The number of carbonyl (C=O) groups is 1. The first-order valence-electron chi connectivity index (χ1n) is 7.16. The van der Waals surface area contributed by atoms with Crippen LogP contribution in [0.1, 0.15) is 36.5 Å². The van der Waals surface area contributed by atoms with Gasteiger partial charge in [0.2, 0.25) is 0 Å². The summed E-state index contributed by atoms with van der Waals surface area (Å²) in [7, 11) is 0. The summed E-state index contributed by atoms with van der Waals surface area (Å²) in [6.07, 6.45) is 2.33. The lowest BCUT2D eigenvalue weighted by molar-refractivity contribution is -0.385. The van der Waals surface area contributed by atoms with Gasteiger partial charge in [-0.25, -0.2) is 0 Å². The minimum absolute atomic E-state index is 0.112. The van der Waals surface area contributed by atoms with Crippen LogP contribution in [0.2, 0.25) is 0 Å². The minimum atomic E-state index is -0.527. The largest absolute Gasteiger partial charge is 0.396 e. The fraction of sp³-hybridized carbons (Fsp3) is 0.533. The molecular formula is C15H20N2O4. The number of benzene rings is 1. The molecule has 6 nitrogen and oxygen atoms in total. The molecule has 0 aliphatic carbocycles. The molecule has 1 fully saturated rings. The maximum atomic E-state index is 12.5. The zero-order valence-corrected chi connectivity index (χ0v) is 12.1. The van der Waals surface area contributed by atoms with Crippen molar-refractivity contribution in [1.82, 2.24) is 4.90 Å². The molecule has 1 saturated heterocycles. The lowest BCUT2D eigenvalue weighted by atomic mass is 9.77. The van der Waals surface area contributed by atoms with E-state index in [2.05, 4.69) is 0 Å². The predicted molar refractivity (Wildman–Crippen MR) is 78.0 cm³/mol. The van der Waals surface area contributed by atoms with Crippen LogP contribution >= 0.6 is 0 Å². The van der Waals surface area contributed by atoms with Gasteiger partial charge in [-0.1, -0.05) is 19.1 Å². The first kappa shape index (κ1) is 15.4. The zero-order valence-electron chi connectivity index (χ0n) is 12.1. The van der Waals surface area contributed by atoms with Crippen LogP contribution in [-0.4, -0.2) is 40.5 Å². The van der Waals surface area contributed by atoms with E-state index in [9.17, 15) is 20.0 Å². The number of rotatable bonds is 4. The van der Waals surface area contributed by atoms with Crippen molar-refractivity contribution >= 4 is 11.6 Å². The molecule has 0 saturated carbocycles. The van der Waals surface area contributed by atoms with Gasteiger partial charge < -0.3 is 10.0 Å². The van der Waals surface area contributed by atoms with Crippen molar-refractivity contribution in [2.45, 2.75) is 26.2 Å². The Morgan fingerprint density at radius 1 is 1.38 bits per heavy atom. The van der Waals surface area contributed by atoms with Crippen molar-refractivity contribution in [3.05, 3.63) is 39.9 Å². The molecule has 1 aliphatic heterocycles. The second-order valence-electron chi connectivity index (χ2n) is 5.58. The highest BCUT2D eigenvalue weighted by Gasteiger charge is 2.35. The van der Waals surface area contributed by atoms with Gasteiger partial charge in [0.05, 0.1) is 4.92 Å². The maximum Gasteiger partial charge on any atom is 0.282 e. The molecule has 1 aromatic rings. The fourth-order valence-corrected chi connectivity index (χ4v) is 2.79. The highest BCUT2D eigenvalue weighted by Crippen LogP contribution is 2.35. The Labute approximate surface area is 123 Å². The number of nitro benzene ring substituents is 1. The van der Waals surface area contributed by atoms with Gasteiger partial charge in [-0.15, -0.1) is 0 Å². The average Bonchev–Trinajstić information content (AvgIpc) is 2.54. The molecule has 1 N–H and O–H groups in total. The summed E-state index contributed by atoms with van der Waals surface area (Å²) < 4.78 is 0. The first-order chi connectivity index (χ1) is 10.0. The summed E-state index contributed by atoms with van der Waals surface area (Å²) in [5, 5.41) is 20.5. The van der Waals surface area contributed by atoms with Crippen LogP contribution < -0.4 is 0 Å². The number of carbonyl (C=O) groups excluding carboxylic acids is 1. The number of nitrogens with zero attached hydrogens (tertiary/aromatic N) is 2. The van der Waals surface area contributed by atoms with Gasteiger partial charge in [0.15, 0.2) is 0 Å². The Kier molecular flexibility index (Phi) is 4.57. The molecule has 0 aromatic heterocycles. The van der Waals surface area contributed by atoms with Crippen LogP contribution in [0.3, 0.4) is 0 Å². The maximum absolute atomic E-state index is 12.5. The van der Waals surface area contributed by atoms with Gasteiger partial charge >= 0.3 is 0 Å². The number of hydrogen-bond donors (Lipinski definition) is 1. The van der Waals surface area contributed by atoms with Gasteiger partial charge in [0.25, 0.3) is 11.6 Å². The number of para-hydroxylation sites is 1. The lowest BCUT2D eigenvalue weighted by Gasteiger charge is -2.40. The highest BCUT2D eigenvalue weighted by atomic mass is 16.6. The standard InChI is InChI=1S/C15H20N2O4/c1-2-15(11-18)7-9-16(10-8-15)14(19)12-5-3-4-6-13(12)17(20)21/h3-6,18H,2,7-11H2,1H3. The van der Waals surface area contributed by atoms with Gasteiger partial charge in [-0.05, 0) is 30.7 Å². The molecule has 1 heterocycles. The summed E-state index contributed by atoms with van der Waals surface area (Å²) in [4.78, 5) is 24.6. The normalized spacial score (nSPS) is 17.5. The van der Waals surface area contributed by atoms with E-state index in [4.69, 9.17) is 0 Å². The summed E-state index contributed by atoms with van der Waals surface area (Å²) in [5.41, 5.74) is -0.133. The second kappa shape index (κ2) is 6.22. The Balaban J connectivity index is 2.15. The molecular weight excluding hydrogens is 272 g/mol. The number of amides is 1. The first-order valence-corrected chi connectivity index (χ1v) is 7.16. The van der Waals surface area contributed by atoms with Crippen molar-refractivity contribution in [3.8, 4) is 0 Å². The zero-order chi connectivity index (χ0) is 15.5. The van der Waals surface area contributed by atoms with E-state index in [1.54, 1.807) is 17.0 Å². The van der Waals surface area contributed by atoms with Crippen molar-refractivity contribution in [2.75, 3.05) is 19.7 Å². The topological polar surface area (TPSA) is 83.7 Å². The van der Waals surface area contributed by atoms with Crippen LogP contribution in [0.5, 0.6) is 0 Å². The molecule has 0 spiro atoms. The van der Waals surface area contributed by atoms with Gasteiger partial charge in [-0.3, -0.25) is 14.9 Å². The number of likely N-dealkylation sites (tertiary alicyclic amines) is 1. The summed E-state index contributed by atoms with van der Waals surface area (Å²) in [6.45, 7) is 3.21. The molecule has 0 bridgehead atoms. The van der Waals surface area contributed by atoms with E-state index in [0.717, 1.165) is 19.3 Å². The second-order valence-corrected chi connectivity index (χ2v) is 5.58. The smallest absolute Gasteiger partial charge is 0.282 e. The molecule has 1 aliphatic rings. The van der Waals surface area contributed by atoms with E-state index in [1.807, 2.05) is 6.92 Å². The Bertz CT molecular complexity index is 530. The molecule has 0 unspecified atom stereocenters. The van der Waals surface area contributed by atoms with Crippen molar-refractivity contribution in [2.24, 2.45) is 5.41 Å². The number of nitro groups is 1. The van der Waals surface area contributed by atoms with Gasteiger partial charge in [0.1, 0.15) is 5.56 Å². The Hall–Kier alpha value is -1.95. The van der Waals surface area contributed by atoms with Gasteiger partial charge in [0, 0.05) is 25.8 Å². The van der Waals surface area contributed by atoms with Crippen molar-refractivity contribution in [1.29, 1.82) is 0 Å². The third-order valence-electron chi connectivity index (χ3n) is 4.53. The number of aliphatic hydroxyl groups excluding tert-OH is 1. The third kappa shape index (κ3) is 3.05. The van der Waals surface area contributed by atoms with Crippen molar-refractivity contribution in [3.63, 3.8) is 0 Å². The van der Waals surface area contributed by atoms with Crippen LogP contribution in [0.15, 0.2) is 24.3 Å². The van der Waals surface area contributed by atoms with Gasteiger partial charge in [-0.2, -0.15) is 0 Å². The fourth-order valence-electron chi connectivity index (χ4n) is 2.79. The van der Waals surface area contributed by atoms with Crippen LogP contribution in [-0.2, 0) is 0 Å². The summed E-state index contributed by atoms with van der Waals surface area (Å²) in [6, 6.07) is 6.03. The molecule has 2 rings (SSSR count). The molecule has 21 heavy (non-hydrogen) atoms. The number of piperidine rings is 1. The van der Waals surface area contributed by atoms with E-state index >= 15 is 0 Å². The summed E-state index contributed by atoms with van der Waals surface area (Å²) in [5.74, 6) is -0.301. The number of hydrogen-bond acceptors (Lipinski definition) is 4. The molecule has 1 aromatic carbocycles. The Morgan fingerprint density at radius 2 is 2.00 bits per heavy atom. The molecule has 0 radical (unpaired) electrons. The van der Waals surface area contributed by atoms with Crippen LogP contribution in [0.25, 0.3) is 0 Å². The van der Waals surface area contributed by atoms with E-state index < -0.39 is 4.92 Å². The predicted octanol–water partition coefficient (Wildman–Crippen LogP) is 2.22. The SMILES string of the molecule is CCC1(CO)CCN(C(=O)c2ccccc2[N+](=O)[O-])CC1. The molecule has 114 valence electrons. The third-order valence-corrected chi connectivity index (χ3v) is 4.53.